The Morgan fingerprint density at radius 2 is 2.17 bits per heavy atom. The smallest absolute Gasteiger partial charge is 0.178 e. The first kappa shape index (κ1) is 13.0. The van der Waals surface area contributed by atoms with E-state index in [1.54, 1.807) is 0 Å². The molecular formula is C10H9ClFN3O2S. The van der Waals surface area contributed by atoms with E-state index in [4.69, 9.17) is 11.6 Å². The Morgan fingerprint density at radius 1 is 1.44 bits per heavy atom. The number of aromatic nitrogens is 3. The minimum absolute atomic E-state index is 0.0498. The predicted molar refractivity (Wildman–Crippen MR) is 64.0 cm³/mol. The molecule has 0 aliphatic heterocycles. The lowest BCUT2D eigenvalue weighted by Crippen LogP contribution is -2.03. The van der Waals surface area contributed by atoms with Crippen LogP contribution in [0.5, 0.6) is 0 Å². The van der Waals surface area contributed by atoms with Gasteiger partial charge in [0.05, 0.1) is 24.5 Å². The van der Waals surface area contributed by atoms with Gasteiger partial charge >= 0.3 is 0 Å². The van der Waals surface area contributed by atoms with Crippen molar-refractivity contribution in [1.29, 1.82) is 0 Å². The van der Waals surface area contributed by atoms with Crippen LogP contribution in [0.3, 0.4) is 0 Å². The quantitative estimate of drug-likeness (QED) is 0.804. The molecule has 0 atom stereocenters. The Hall–Kier alpha value is -1.47. The molecule has 2 heterocycles. The topological polar surface area (TPSA) is 64.8 Å². The molecule has 0 unspecified atom stereocenters. The zero-order valence-corrected chi connectivity index (χ0v) is 10.9. The van der Waals surface area contributed by atoms with Crippen molar-refractivity contribution >= 4 is 21.4 Å². The van der Waals surface area contributed by atoms with Crippen LogP contribution < -0.4 is 0 Å². The third-order valence-corrected chi connectivity index (χ3v) is 3.61. The van der Waals surface area contributed by atoms with E-state index in [2.05, 4.69) is 10.1 Å². The minimum Gasteiger partial charge on any atom is -0.234 e. The third kappa shape index (κ3) is 2.51. The first-order valence-electron chi connectivity index (χ1n) is 4.87. The first-order chi connectivity index (χ1) is 8.41. The van der Waals surface area contributed by atoms with Crippen LogP contribution in [0.1, 0.15) is 5.56 Å². The van der Waals surface area contributed by atoms with Crippen molar-refractivity contribution in [3.8, 4) is 5.82 Å². The molecule has 0 spiro atoms. The van der Waals surface area contributed by atoms with Gasteiger partial charge < -0.3 is 0 Å². The van der Waals surface area contributed by atoms with Gasteiger partial charge in [0.2, 0.25) is 0 Å². The molecule has 2 rings (SSSR count). The highest BCUT2D eigenvalue weighted by Crippen LogP contribution is 2.16. The summed E-state index contributed by atoms with van der Waals surface area (Å²) in [5.74, 6) is -0.153. The van der Waals surface area contributed by atoms with E-state index in [9.17, 15) is 12.8 Å². The Bertz CT molecular complexity index is 684. The summed E-state index contributed by atoms with van der Waals surface area (Å²) in [7, 11) is -3.34. The van der Waals surface area contributed by atoms with Crippen LogP contribution in [0.4, 0.5) is 4.39 Å². The zero-order valence-electron chi connectivity index (χ0n) is 9.34. The number of hydrogen-bond acceptors (Lipinski definition) is 4. The Balaban J connectivity index is 2.53. The van der Waals surface area contributed by atoms with E-state index in [1.165, 1.54) is 23.1 Å². The zero-order chi connectivity index (χ0) is 13.3. The molecule has 0 amide bonds. The Kier molecular flexibility index (Phi) is 3.36. The lowest BCUT2D eigenvalue weighted by Gasteiger charge is -2.05. The summed E-state index contributed by atoms with van der Waals surface area (Å²) in [6, 6.07) is 1.23. The summed E-state index contributed by atoms with van der Waals surface area (Å²) in [6.45, 7) is 0. The van der Waals surface area contributed by atoms with Crippen LogP contribution in [-0.2, 0) is 15.7 Å². The summed E-state index contributed by atoms with van der Waals surface area (Å²) in [6.07, 6.45) is 4.62. The molecule has 2 aromatic heterocycles. The Morgan fingerprint density at radius 3 is 2.72 bits per heavy atom. The number of alkyl halides is 1. The number of nitrogens with zero attached hydrogens (tertiary/aromatic N) is 3. The van der Waals surface area contributed by atoms with Crippen LogP contribution in [0.25, 0.3) is 5.82 Å². The van der Waals surface area contributed by atoms with Crippen molar-refractivity contribution in [2.24, 2.45) is 0 Å². The van der Waals surface area contributed by atoms with Gasteiger partial charge in [0.25, 0.3) is 0 Å². The van der Waals surface area contributed by atoms with Crippen LogP contribution >= 0.6 is 11.6 Å². The van der Waals surface area contributed by atoms with E-state index in [1.807, 2.05) is 0 Å². The molecule has 8 heteroatoms. The second-order valence-corrected chi connectivity index (χ2v) is 5.95. The molecule has 0 saturated carbocycles. The van der Waals surface area contributed by atoms with Crippen LogP contribution in [0, 0.1) is 5.82 Å². The van der Waals surface area contributed by atoms with Crippen molar-refractivity contribution in [1.82, 2.24) is 14.8 Å². The van der Waals surface area contributed by atoms with E-state index < -0.39 is 15.7 Å². The van der Waals surface area contributed by atoms with Gasteiger partial charge in [-0.3, -0.25) is 0 Å². The summed E-state index contributed by atoms with van der Waals surface area (Å²) in [5.41, 5.74) is 0.430. The molecule has 5 nitrogen and oxygen atoms in total. The first-order valence-corrected chi connectivity index (χ1v) is 7.30. The normalized spacial score (nSPS) is 11.7. The van der Waals surface area contributed by atoms with Crippen molar-refractivity contribution in [3.63, 3.8) is 0 Å². The average Bonchev–Trinajstić information content (AvgIpc) is 2.77. The van der Waals surface area contributed by atoms with Crippen LogP contribution in [0.2, 0.25) is 0 Å². The van der Waals surface area contributed by atoms with E-state index >= 15 is 0 Å². The molecule has 18 heavy (non-hydrogen) atoms. The van der Waals surface area contributed by atoms with Gasteiger partial charge in [0.15, 0.2) is 15.7 Å². The third-order valence-electron chi connectivity index (χ3n) is 2.26. The SMILES string of the molecule is CS(=O)(=O)c1cnn(-c2ncc(F)cc2CCl)c1. The maximum Gasteiger partial charge on any atom is 0.178 e. The molecule has 2 aromatic rings. The molecule has 0 aliphatic carbocycles. The van der Waals surface area contributed by atoms with E-state index in [0.717, 1.165) is 12.5 Å². The fraction of sp³-hybridized carbons (Fsp3) is 0.200. The standard InChI is InChI=1S/C10H9ClFN3O2S/c1-18(16,17)9-5-14-15(6-9)10-7(3-11)2-8(12)4-13-10/h2,4-6H,3H2,1H3. The van der Waals surface area contributed by atoms with Gasteiger partial charge in [0.1, 0.15) is 10.7 Å². The highest BCUT2D eigenvalue weighted by atomic mass is 35.5. The van der Waals surface area contributed by atoms with Gasteiger partial charge in [-0.15, -0.1) is 11.6 Å². The van der Waals surface area contributed by atoms with E-state index in [0.29, 0.717) is 11.4 Å². The summed E-state index contributed by atoms with van der Waals surface area (Å²) in [4.78, 5) is 3.92. The molecule has 96 valence electrons. The van der Waals surface area contributed by atoms with Crippen molar-refractivity contribution in [2.75, 3.05) is 6.26 Å². The molecular weight excluding hydrogens is 281 g/mol. The van der Waals surface area contributed by atoms with Gasteiger partial charge in [-0.25, -0.2) is 22.5 Å². The van der Waals surface area contributed by atoms with E-state index in [-0.39, 0.29) is 10.8 Å². The molecule has 0 aliphatic rings. The van der Waals surface area contributed by atoms with Crippen molar-refractivity contribution in [3.05, 3.63) is 36.0 Å². The fourth-order valence-electron chi connectivity index (χ4n) is 1.39. The summed E-state index contributed by atoms with van der Waals surface area (Å²) in [5, 5.41) is 3.89. The van der Waals surface area contributed by atoms with Crippen molar-refractivity contribution < 1.29 is 12.8 Å². The van der Waals surface area contributed by atoms with Crippen LogP contribution in [0.15, 0.2) is 29.6 Å². The fourth-order valence-corrected chi connectivity index (χ4v) is 2.12. The van der Waals surface area contributed by atoms with Gasteiger partial charge in [-0.05, 0) is 6.07 Å². The molecule has 0 fully saturated rings. The Labute approximate surface area is 108 Å². The summed E-state index contributed by atoms with van der Waals surface area (Å²) >= 11 is 5.68. The number of hydrogen-bond donors (Lipinski definition) is 0. The molecule has 0 radical (unpaired) electrons. The van der Waals surface area contributed by atoms with Crippen LogP contribution in [-0.4, -0.2) is 29.4 Å². The highest BCUT2D eigenvalue weighted by molar-refractivity contribution is 7.90. The molecule has 0 aromatic carbocycles. The number of pyridine rings is 1. The number of rotatable bonds is 3. The minimum atomic E-state index is -3.34. The molecule has 0 bridgehead atoms. The highest BCUT2D eigenvalue weighted by Gasteiger charge is 2.13. The van der Waals surface area contributed by atoms with Gasteiger partial charge in [0, 0.05) is 11.8 Å². The van der Waals surface area contributed by atoms with Gasteiger partial charge in [-0.1, -0.05) is 0 Å². The molecule has 0 saturated heterocycles. The van der Waals surface area contributed by atoms with Crippen molar-refractivity contribution in [2.45, 2.75) is 10.8 Å². The maximum atomic E-state index is 13.0. The molecule has 0 N–H and O–H groups in total. The lowest BCUT2D eigenvalue weighted by molar-refractivity contribution is 0.601. The number of sulfone groups is 1. The number of halogens is 2. The second-order valence-electron chi connectivity index (χ2n) is 3.66. The predicted octanol–water partition coefficient (Wildman–Crippen LogP) is 1.55. The lowest BCUT2D eigenvalue weighted by atomic mass is 10.3. The monoisotopic (exact) mass is 289 g/mol. The average molecular weight is 290 g/mol. The largest absolute Gasteiger partial charge is 0.234 e. The van der Waals surface area contributed by atoms with Gasteiger partial charge in [-0.2, -0.15) is 5.10 Å². The second kappa shape index (κ2) is 4.66. The summed E-state index contributed by atoms with van der Waals surface area (Å²) < 4.78 is 36.9. The maximum absolute atomic E-state index is 13.0.